The molecule has 1 saturated heterocycles. The zero-order chi connectivity index (χ0) is 21.6. The Morgan fingerprint density at radius 2 is 2.00 bits per heavy atom. The minimum absolute atomic E-state index is 0.195. The van der Waals surface area contributed by atoms with Crippen LogP contribution in [0.1, 0.15) is 24.6 Å². The highest BCUT2D eigenvalue weighted by molar-refractivity contribution is 7.89. The van der Waals surface area contributed by atoms with Crippen LogP contribution < -0.4 is 10.6 Å². The zero-order valence-corrected chi connectivity index (χ0v) is 18.3. The second kappa shape index (κ2) is 10.1. The Kier molecular flexibility index (Phi) is 7.46. The van der Waals surface area contributed by atoms with Gasteiger partial charge >= 0.3 is 6.03 Å². The first-order chi connectivity index (χ1) is 14.4. The summed E-state index contributed by atoms with van der Waals surface area (Å²) < 4.78 is 27.4. The van der Waals surface area contributed by atoms with E-state index < -0.39 is 10.0 Å². The van der Waals surface area contributed by atoms with Crippen molar-refractivity contribution in [2.75, 3.05) is 44.6 Å². The minimum atomic E-state index is -3.58. The number of aryl methyl sites for hydroxylation is 2. The number of carbonyl (C=O) groups is 1. The van der Waals surface area contributed by atoms with Gasteiger partial charge in [0, 0.05) is 44.1 Å². The molecule has 30 heavy (non-hydrogen) atoms. The van der Waals surface area contributed by atoms with Crippen LogP contribution in [0.3, 0.4) is 0 Å². The highest BCUT2D eigenvalue weighted by Crippen LogP contribution is 2.21. The Morgan fingerprint density at radius 3 is 2.67 bits per heavy atom. The fourth-order valence-corrected chi connectivity index (χ4v) is 4.92. The maximum atomic E-state index is 12.9. The number of sulfonamides is 1. The van der Waals surface area contributed by atoms with Crippen LogP contribution >= 0.6 is 0 Å². The van der Waals surface area contributed by atoms with Gasteiger partial charge in [0.25, 0.3) is 0 Å². The summed E-state index contributed by atoms with van der Waals surface area (Å²) in [6.07, 6.45) is 3.40. The molecule has 0 unspecified atom stereocenters. The van der Waals surface area contributed by atoms with Crippen molar-refractivity contribution in [3.8, 4) is 0 Å². The molecule has 0 bridgehead atoms. The molecular weight excluding hydrogens is 404 g/mol. The molecule has 1 fully saturated rings. The Hall–Kier alpha value is -2.43. The van der Waals surface area contributed by atoms with E-state index in [0.29, 0.717) is 25.3 Å². The van der Waals surface area contributed by atoms with Gasteiger partial charge in [0.05, 0.1) is 11.1 Å². The van der Waals surface area contributed by atoms with Crippen molar-refractivity contribution < 1.29 is 13.2 Å². The first kappa shape index (κ1) is 22.3. The molecule has 1 aromatic carbocycles. The fraction of sp³-hybridized carbons (Fsp3) is 0.500. The molecule has 1 aliphatic rings. The van der Waals surface area contributed by atoms with Gasteiger partial charge in [-0.05, 0) is 50.1 Å². The number of urea groups is 1. The molecule has 9 nitrogen and oxygen atoms in total. The number of carbonyl (C=O) groups excluding carboxylic acids is 1. The molecule has 1 aliphatic heterocycles. The van der Waals surface area contributed by atoms with E-state index in [0.717, 1.165) is 43.7 Å². The Morgan fingerprint density at radius 1 is 1.23 bits per heavy atom. The standard InChI is InChI=1S/C20H30N6O3S/c1-3-25-10-12-26(13-11-25)30(28,29)19-8-4-7-18(14-19)23-20(27)21-9-5-6-17-15-22-24-16(17)2/h4,7-8,14-15H,3,5-6,9-13H2,1-2H3,(H,22,24)(H2,21,23,27). The molecule has 0 atom stereocenters. The fourth-order valence-electron chi connectivity index (χ4n) is 3.45. The Balaban J connectivity index is 1.52. The topological polar surface area (TPSA) is 110 Å². The van der Waals surface area contributed by atoms with Crippen molar-refractivity contribution in [1.82, 2.24) is 24.7 Å². The van der Waals surface area contributed by atoms with Crippen LogP contribution in [0.5, 0.6) is 0 Å². The lowest BCUT2D eigenvalue weighted by molar-refractivity contribution is 0.196. The van der Waals surface area contributed by atoms with Crippen LogP contribution in [0, 0.1) is 6.92 Å². The monoisotopic (exact) mass is 434 g/mol. The number of H-pyrrole nitrogens is 1. The third-order valence-electron chi connectivity index (χ3n) is 5.35. The van der Waals surface area contributed by atoms with Gasteiger partial charge in [-0.2, -0.15) is 9.40 Å². The van der Waals surface area contributed by atoms with Gasteiger partial charge in [-0.25, -0.2) is 13.2 Å². The van der Waals surface area contributed by atoms with Gasteiger partial charge in [-0.3, -0.25) is 5.10 Å². The van der Waals surface area contributed by atoms with Gasteiger partial charge in [0.2, 0.25) is 10.0 Å². The van der Waals surface area contributed by atoms with E-state index in [4.69, 9.17) is 0 Å². The van der Waals surface area contributed by atoms with Gasteiger partial charge < -0.3 is 15.5 Å². The van der Waals surface area contributed by atoms with E-state index >= 15 is 0 Å². The molecule has 3 N–H and O–H groups in total. The molecule has 2 amide bonds. The first-order valence-electron chi connectivity index (χ1n) is 10.3. The summed E-state index contributed by atoms with van der Waals surface area (Å²) >= 11 is 0. The van der Waals surface area contributed by atoms with E-state index in [9.17, 15) is 13.2 Å². The maximum Gasteiger partial charge on any atom is 0.319 e. The second-order valence-corrected chi connectivity index (χ2v) is 9.31. The van der Waals surface area contributed by atoms with Crippen LogP contribution in [0.2, 0.25) is 0 Å². The highest BCUT2D eigenvalue weighted by Gasteiger charge is 2.28. The third-order valence-corrected chi connectivity index (χ3v) is 7.25. The molecule has 0 spiro atoms. The van der Waals surface area contributed by atoms with Crippen LogP contribution in [0.4, 0.5) is 10.5 Å². The number of amides is 2. The third kappa shape index (κ3) is 5.59. The van der Waals surface area contributed by atoms with Crippen molar-refractivity contribution in [3.63, 3.8) is 0 Å². The zero-order valence-electron chi connectivity index (χ0n) is 17.5. The molecule has 2 aromatic rings. The number of rotatable bonds is 8. The molecule has 3 rings (SSSR count). The quantitative estimate of drug-likeness (QED) is 0.549. The molecule has 0 radical (unpaired) electrons. The average Bonchev–Trinajstić information content (AvgIpc) is 3.16. The number of hydrogen-bond acceptors (Lipinski definition) is 5. The van der Waals surface area contributed by atoms with Gasteiger partial charge in [-0.1, -0.05) is 13.0 Å². The smallest absolute Gasteiger partial charge is 0.319 e. The highest BCUT2D eigenvalue weighted by atomic mass is 32.2. The van der Waals surface area contributed by atoms with Crippen LogP contribution in [-0.2, 0) is 16.4 Å². The largest absolute Gasteiger partial charge is 0.338 e. The molecular formula is C20H30N6O3S. The summed E-state index contributed by atoms with van der Waals surface area (Å²) in [6, 6.07) is 6.05. The van der Waals surface area contributed by atoms with Crippen molar-refractivity contribution in [1.29, 1.82) is 0 Å². The number of aromatic amines is 1. The molecule has 2 heterocycles. The van der Waals surface area contributed by atoms with E-state index in [-0.39, 0.29) is 10.9 Å². The first-order valence-corrected chi connectivity index (χ1v) is 11.7. The molecule has 164 valence electrons. The number of nitrogens with zero attached hydrogens (tertiary/aromatic N) is 3. The lowest BCUT2D eigenvalue weighted by Gasteiger charge is -2.33. The van der Waals surface area contributed by atoms with Gasteiger partial charge in [0.15, 0.2) is 0 Å². The lowest BCUT2D eigenvalue weighted by Crippen LogP contribution is -2.48. The summed E-state index contributed by atoms with van der Waals surface area (Å²) in [5.74, 6) is 0. The number of likely N-dealkylation sites (N-methyl/N-ethyl adjacent to an activating group) is 1. The average molecular weight is 435 g/mol. The van der Waals surface area contributed by atoms with E-state index in [2.05, 4.69) is 32.7 Å². The normalized spacial score (nSPS) is 15.8. The van der Waals surface area contributed by atoms with E-state index in [1.165, 1.54) is 10.4 Å². The maximum absolute atomic E-state index is 12.9. The van der Waals surface area contributed by atoms with Crippen LogP contribution in [0.25, 0.3) is 0 Å². The molecule has 0 saturated carbocycles. The minimum Gasteiger partial charge on any atom is -0.338 e. The molecule has 1 aromatic heterocycles. The van der Waals surface area contributed by atoms with E-state index in [1.807, 2.05) is 6.92 Å². The van der Waals surface area contributed by atoms with Crippen molar-refractivity contribution in [3.05, 3.63) is 41.7 Å². The van der Waals surface area contributed by atoms with Gasteiger partial charge in [0.1, 0.15) is 0 Å². The van der Waals surface area contributed by atoms with Gasteiger partial charge in [-0.15, -0.1) is 0 Å². The summed E-state index contributed by atoms with van der Waals surface area (Å²) in [7, 11) is -3.58. The SMILES string of the molecule is CCN1CCN(S(=O)(=O)c2cccc(NC(=O)NCCCc3cn[nH]c3C)c2)CC1. The molecule has 0 aliphatic carbocycles. The Labute approximate surface area is 177 Å². The number of hydrogen-bond donors (Lipinski definition) is 3. The predicted molar refractivity (Wildman–Crippen MR) is 116 cm³/mol. The summed E-state index contributed by atoms with van der Waals surface area (Å²) in [5.41, 5.74) is 2.62. The molecule has 10 heteroatoms. The number of benzene rings is 1. The second-order valence-electron chi connectivity index (χ2n) is 7.37. The number of aromatic nitrogens is 2. The van der Waals surface area contributed by atoms with Crippen molar-refractivity contribution in [2.45, 2.75) is 31.6 Å². The summed E-state index contributed by atoms with van der Waals surface area (Å²) in [5, 5.41) is 12.4. The lowest BCUT2D eigenvalue weighted by atomic mass is 10.1. The number of nitrogens with one attached hydrogen (secondary N) is 3. The van der Waals surface area contributed by atoms with Crippen LogP contribution in [0.15, 0.2) is 35.4 Å². The van der Waals surface area contributed by atoms with Crippen molar-refractivity contribution >= 4 is 21.7 Å². The summed E-state index contributed by atoms with van der Waals surface area (Å²) in [4.78, 5) is 14.6. The number of piperazine rings is 1. The Bertz CT molecular complexity index is 951. The van der Waals surface area contributed by atoms with Crippen molar-refractivity contribution in [2.24, 2.45) is 0 Å². The summed E-state index contributed by atoms with van der Waals surface area (Å²) in [6.45, 7) is 7.88. The predicted octanol–water partition coefficient (Wildman–Crippen LogP) is 1.80. The van der Waals surface area contributed by atoms with Crippen LogP contribution in [-0.4, -0.2) is 73.1 Å². The number of anilines is 1. The van der Waals surface area contributed by atoms with E-state index in [1.54, 1.807) is 24.4 Å².